The van der Waals surface area contributed by atoms with Crippen LogP contribution >= 0.6 is 0 Å². The van der Waals surface area contributed by atoms with Gasteiger partial charge in [-0.05, 0) is 62.1 Å². The van der Waals surface area contributed by atoms with Crippen LogP contribution in [-0.2, 0) is 4.79 Å². The van der Waals surface area contributed by atoms with E-state index in [1.165, 1.54) is 0 Å². The zero-order valence-electron chi connectivity index (χ0n) is 15.0. The highest BCUT2D eigenvalue weighted by molar-refractivity contribution is 5.92. The van der Waals surface area contributed by atoms with Gasteiger partial charge in [0.15, 0.2) is 5.82 Å². The molecule has 1 fully saturated rings. The smallest absolute Gasteiger partial charge is 0.228 e. The van der Waals surface area contributed by atoms with Crippen molar-refractivity contribution in [1.82, 2.24) is 19.7 Å². The molecule has 0 radical (unpaired) electrons. The number of hydrogen-bond donors (Lipinski definition) is 2. The number of nitrogens with one attached hydrogen (secondary N) is 2. The molecule has 3 aromatic heterocycles. The number of aromatic nitrogens is 3. The molecule has 26 heavy (non-hydrogen) atoms. The Morgan fingerprint density at radius 1 is 1.08 bits per heavy atom. The molecular weight excluding hydrogens is 326 g/mol. The van der Waals surface area contributed by atoms with Crippen molar-refractivity contribution in [1.29, 1.82) is 0 Å². The highest BCUT2D eigenvalue weighted by atomic mass is 16.2. The number of imidazole rings is 1. The van der Waals surface area contributed by atoms with Crippen molar-refractivity contribution in [3.63, 3.8) is 0 Å². The molecule has 134 valence electrons. The number of hydrogen-bond acceptors (Lipinski definition) is 4. The van der Waals surface area contributed by atoms with Gasteiger partial charge in [0.25, 0.3) is 0 Å². The van der Waals surface area contributed by atoms with E-state index in [-0.39, 0.29) is 11.8 Å². The van der Waals surface area contributed by atoms with E-state index in [9.17, 15) is 4.79 Å². The van der Waals surface area contributed by atoms with Crippen molar-refractivity contribution in [2.45, 2.75) is 38.8 Å². The van der Waals surface area contributed by atoms with E-state index >= 15 is 0 Å². The van der Waals surface area contributed by atoms with Gasteiger partial charge >= 0.3 is 0 Å². The molecule has 3 aromatic rings. The van der Waals surface area contributed by atoms with Crippen LogP contribution in [0.5, 0.6) is 0 Å². The predicted octanol–water partition coefficient (Wildman–Crippen LogP) is 3.11. The first-order valence-electron chi connectivity index (χ1n) is 9.04. The highest BCUT2D eigenvalue weighted by Crippen LogP contribution is 2.23. The number of amides is 1. The highest BCUT2D eigenvalue weighted by Gasteiger charge is 2.28. The topological polar surface area (TPSA) is 71.3 Å². The third kappa shape index (κ3) is 3.46. The van der Waals surface area contributed by atoms with Gasteiger partial charge in [0.2, 0.25) is 5.91 Å². The molecule has 1 aliphatic heterocycles. The Labute approximate surface area is 152 Å². The number of pyridine rings is 2. The molecule has 0 bridgehead atoms. The molecule has 1 saturated heterocycles. The largest absolute Gasteiger partial charge is 0.312 e. The second kappa shape index (κ2) is 6.88. The zero-order chi connectivity index (χ0) is 18.1. The third-order valence-electron chi connectivity index (χ3n) is 4.93. The van der Waals surface area contributed by atoms with Gasteiger partial charge < -0.3 is 15.0 Å². The van der Waals surface area contributed by atoms with E-state index < -0.39 is 0 Å². The maximum Gasteiger partial charge on any atom is 0.228 e. The van der Waals surface area contributed by atoms with Crippen LogP contribution in [0.2, 0.25) is 0 Å². The van der Waals surface area contributed by atoms with Crippen LogP contribution < -0.4 is 10.6 Å². The van der Waals surface area contributed by atoms with Crippen molar-refractivity contribution in [2.75, 3.05) is 5.32 Å². The zero-order valence-corrected chi connectivity index (χ0v) is 15.0. The first kappa shape index (κ1) is 16.7. The van der Waals surface area contributed by atoms with E-state index in [2.05, 4.69) is 34.4 Å². The molecule has 3 atom stereocenters. The van der Waals surface area contributed by atoms with Crippen LogP contribution in [0, 0.1) is 5.92 Å². The van der Waals surface area contributed by atoms with Gasteiger partial charge in [-0.3, -0.25) is 9.78 Å². The first-order valence-corrected chi connectivity index (χ1v) is 9.04. The number of fused-ring (bicyclic) bond motifs is 1. The van der Waals surface area contributed by atoms with Crippen molar-refractivity contribution < 1.29 is 4.79 Å². The minimum Gasteiger partial charge on any atom is -0.312 e. The molecule has 1 unspecified atom stereocenters. The Morgan fingerprint density at radius 3 is 2.54 bits per heavy atom. The van der Waals surface area contributed by atoms with Gasteiger partial charge in [0, 0.05) is 36.6 Å². The molecule has 6 nitrogen and oxygen atoms in total. The molecule has 1 aliphatic rings. The van der Waals surface area contributed by atoms with E-state index in [4.69, 9.17) is 0 Å². The lowest BCUT2D eigenvalue weighted by molar-refractivity contribution is -0.121. The number of carbonyl (C=O) groups is 1. The monoisotopic (exact) mass is 349 g/mol. The van der Waals surface area contributed by atoms with Crippen LogP contribution in [0.1, 0.15) is 26.7 Å². The molecular formula is C20H23N5O. The maximum absolute atomic E-state index is 12.6. The van der Waals surface area contributed by atoms with Gasteiger partial charge in [0.1, 0.15) is 5.65 Å². The molecule has 0 aromatic carbocycles. The second-order valence-corrected chi connectivity index (χ2v) is 7.17. The Hall–Kier alpha value is -2.73. The Morgan fingerprint density at radius 2 is 1.81 bits per heavy atom. The van der Waals surface area contributed by atoms with Crippen molar-refractivity contribution >= 4 is 17.4 Å². The summed E-state index contributed by atoms with van der Waals surface area (Å²) in [6, 6.07) is 8.65. The molecule has 1 amide bonds. The van der Waals surface area contributed by atoms with Crippen molar-refractivity contribution in [3.05, 3.63) is 49.1 Å². The number of rotatable bonds is 3. The Balaban J connectivity index is 1.53. The number of carbonyl (C=O) groups excluding carboxylic acids is 1. The molecule has 0 spiro atoms. The average molecular weight is 349 g/mol. The molecule has 2 N–H and O–H groups in total. The van der Waals surface area contributed by atoms with Crippen LogP contribution in [0.4, 0.5) is 5.82 Å². The summed E-state index contributed by atoms with van der Waals surface area (Å²) in [4.78, 5) is 21.2. The lowest BCUT2D eigenvalue weighted by Gasteiger charge is -2.31. The third-order valence-corrected chi connectivity index (χ3v) is 4.93. The molecule has 0 aliphatic carbocycles. The first-order chi connectivity index (χ1) is 12.6. The van der Waals surface area contributed by atoms with Gasteiger partial charge in [0.05, 0.1) is 6.20 Å². The van der Waals surface area contributed by atoms with Gasteiger partial charge in [-0.25, -0.2) is 4.98 Å². The second-order valence-electron chi connectivity index (χ2n) is 7.17. The van der Waals surface area contributed by atoms with Crippen LogP contribution in [-0.4, -0.2) is 32.4 Å². The SMILES string of the molecule is C[C@@H]1CC(C(=O)Nc2cn3cc(-c4ccncc4)ccc3n2)C[C@H](C)N1. The van der Waals surface area contributed by atoms with Gasteiger partial charge in [-0.1, -0.05) is 0 Å². The van der Waals surface area contributed by atoms with Crippen molar-refractivity contribution in [2.24, 2.45) is 5.92 Å². The summed E-state index contributed by atoms with van der Waals surface area (Å²) in [6.07, 6.45) is 9.15. The van der Waals surface area contributed by atoms with E-state index in [1.54, 1.807) is 12.4 Å². The molecule has 0 saturated carbocycles. The summed E-state index contributed by atoms with van der Waals surface area (Å²) >= 11 is 0. The normalized spacial score (nSPS) is 23.1. The van der Waals surface area contributed by atoms with E-state index in [0.717, 1.165) is 29.6 Å². The van der Waals surface area contributed by atoms with E-state index in [0.29, 0.717) is 17.9 Å². The number of nitrogens with zero attached hydrogens (tertiary/aromatic N) is 3. The fourth-order valence-electron chi connectivity index (χ4n) is 3.78. The fourth-order valence-corrected chi connectivity index (χ4v) is 3.78. The summed E-state index contributed by atoms with van der Waals surface area (Å²) in [6.45, 7) is 4.25. The summed E-state index contributed by atoms with van der Waals surface area (Å²) in [5, 5.41) is 6.46. The van der Waals surface area contributed by atoms with Crippen LogP contribution in [0.25, 0.3) is 16.8 Å². The van der Waals surface area contributed by atoms with Gasteiger partial charge in [-0.2, -0.15) is 0 Å². The van der Waals surface area contributed by atoms with Crippen LogP contribution in [0.3, 0.4) is 0 Å². The van der Waals surface area contributed by atoms with Crippen molar-refractivity contribution in [3.8, 4) is 11.1 Å². The van der Waals surface area contributed by atoms with E-state index in [1.807, 2.05) is 41.1 Å². The minimum atomic E-state index is 0.0263. The maximum atomic E-state index is 12.6. The summed E-state index contributed by atoms with van der Waals surface area (Å²) < 4.78 is 1.94. The lowest BCUT2D eigenvalue weighted by atomic mass is 9.88. The number of piperidine rings is 1. The quantitative estimate of drug-likeness (QED) is 0.762. The predicted molar refractivity (Wildman–Crippen MR) is 102 cm³/mol. The fraction of sp³-hybridized carbons (Fsp3) is 0.350. The Kier molecular flexibility index (Phi) is 4.42. The standard InChI is InChI=1S/C20H23N5O/c1-13-9-17(10-14(2)22-13)20(26)24-18-12-25-11-16(3-4-19(25)23-18)15-5-7-21-8-6-15/h3-8,11-14,17,22H,9-10H2,1-2H3,(H,24,26)/t13-,14+,17?. The molecule has 6 heteroatoms. The Bertz CT molecular complexity index is 910. The average Bonchev–Trinajstić information content (AvgIpc) is 3.03. The van der Waals surface area contributed by atoms with Gasteiger partial charge in [-0.15, -0.1) is 0 Å². The summed E-state index contributed by atoms with van der Waals surface area (Å²) in [5.41, 5.74) is 2.99. The number of anilines is 1. The molecule has 4 rings (SSSR count). The lowest BCUT2D eigenvalue weighted by Crippen LogP contribution is -2.45. The molecule has 4 heterocycles. The minimum absolute atomic E-state index is 0.0263. The summed E-state index contributed by atoms with van der Waals surface area (Å²) in [5.74, 6) is 0.683. The van der Waals surface area contributed by atoms with Crippen LogP contribution in [0.15, 0.2) is 49.1 Å². The summed E-state index contributed by atoms with van der Waals surface area (Å²) in [7, 11) is 0.